The summed E-state index contributed by atoms with van der Waals surface area (Å²) in [6.07, 6.45) is 0. The highest BCUT2D eigenvalue weighted by Gasteiger charge is 2.08. The largest absolute Gasteiger partial charge is 0.366 e. The van der Waals surface area contributed by atoms with Crippen LogP contribution < -0.4 is 16.4 Å². The Labute approximate surface area is 131 Å². The number of anilines is 1. The minimum Gasteiger partial charge on any atom is -0.366 e. The summed E-state index contributed by atoms with van der Waals surface area (Å²) >= 11 is 0. The van der Waals surface area contributed by atoms with Crippen LogP contribution in [0, 0.1) is 17.1 Å². The van der Waals surface area contributed by atoms with Gasteiger partial charge in [-0.05, 0) is 35.9 Å². The van der Waals surface area contributed by atoms with Gasteiger partial charge in [-0.15, -0.1) is 0 Å². The number of nitrogens with one attached hydrogen (secondary N) is 2. The van der Waals surface area contributed by atoms with E-state index in [9.17, 15) is 14.0 Å². The van der Waals surface area contributed by atoms with Gasteiger partial charge < -0.3 is 16.4 Å². The molecule has 7 heteroatoms. The van der Waals surface area contributed by atoms with Crippen LogP contribution in [0.1, 0.15) is 21.5 Å². The van der Waals surface area contributed by atoms with Crippen molar-refractivity contribution in [1.82, 2.24) is 5.32 Å². The Bertz CT molecular complexity index is 799. The Hall–Kier alpha value is -3.40. The lowest BCUT2D eigenvalue weighted by Crippen LogP contribution is -2.28. The molecule has 0 atom stereocenters. The number of primary amides is 1. The average molecular weight is 312 g/mol. The Morgan fingerprint density at radius 1 is 1.22 bits per heavy atom. The molecule has 23 heavy (non-hydrogen) atoms. The van der Waals surface area contributed by atoms with Crippen LogP contribution in [0.25, 0.3) is 0 Å². The zero-order valence-electron chi connectivity index (χ0n) is 12.0. The van der Waals surface area contributed by atoms with Gasteiger partial charge in [-0.2, -0.15) is 5.26 Å². The minimum absolute atomic E-state index is 0.0240. The van der Waals surface area contributed by atoms with E-state index in [2.05, 4.69) is 10.6 Å². The summed E-state index contributed by atoms with van der Waals surface area (Å²) in [5.74, 6) is -1.11. The summed E-state index contributed by atoms with van der Waals surface area (Å²) in [7, 11) is 0. The summed E-state index contributed by atoms with van der Waals surface area (Å²) in [6, 6.07) is 11.3. The molecule has 0 fully saturated rings. The molecular weight excluding hydrogens is 299 g/mol. The fourth-order valence-corrected chi connectivity index (χ4v) is 1.90. The van der Waals surface area contributed by atoms with Crippen LogP contribution in [0.15, 0.2) is 42.5 Å². The second-order valence-corrected chi connectivity index (χ2v) is 4.67. The van der Waals surface area contributed by atoms with Gasteiger partial charge in [0.15, 0.2) is 0 Å². The molecule has 0 heterocycles. The lowest BCUT2D eigenvalue weighted by molar-refractivity contribution is 0.1000. The molecule has 2 aromatic carbocycles. The quantitative estimate of drug-likeness (QED) is 0.804. The highest BCUT2D eigenvalue weighted by Crippen LogP contribution is 2.15. The zero-order valence-corrected chi connectivity index (χ0v) is 12.0. The molecule has 0 bridgehead atoms. The average Bonchev–Trinajstić information content (AvgIpc) is 2.54. The molecule has 0 aromatic heterocycles. The van der Waals surface area contributed by atoms with Crippen molar-refractivity contribution in [2.75, 3.05) is 5.32 Å². The van der Waals surface area contributed by atoms with Crippen LogP contribution in [-0.4, -0.2) is 11.9 Å². The van der Waals surface area contributed by atoms with Gasteiger partial charge in [0.05, 0.1) is 11.3 Å². The first kappa shape index (κ1) is 16.0. The highest BCUT2D eigenvalue weighted by atomic mass is 19.1. The molecule has 0 aliphatic rings. The van der Waals surface area contributed by atoms with Gasteiger partial charge >= 0.3 is 6.03 Å². The first-order valence-corrected chi connectivity index (χ1v) is 6.63. The van der Waals surface area contributed by atoms with Gasteiger partial charge in [0.1, 0.15) is 11.9 Å². The Balaban J connectivity index is 2.00. The number of hydrogen-bond donors (Lipinski definition) is 3. The lowest BCUT2D eigenvalue weighted by atomic mass is 10.1. The van der Waals surface area contributed by atoms with Crippen molar-refractivity contribution in [1.29, 1.82) is 5.26 Å². The van der Waals surface area contributed by atoms with Crippen molar-refractivity contribution in [2.45, 2.75) is 6.54 Å². The Kier molecular flexibility index (Phi) is 4.89. The molecule has 0 saturated heterocycles. The number of halogens is 1. The molecule has 0 saturated carbocycles. The number of nitriles is 1. The predicted octanol–water partition coefficient (Wildman–Crippen LogP) is 2.12. The third-order valence-corrected chi connectivity index (χ3v) is 3.01. The summed E-state index contributed by atoms with van der Waals surface area (Å²) in [5.41, 5.74) is 6.45. The predicted molar refractivity (Wildman–Crippen MR) is 81.9 cm³/mol. The summed E-state index contributed by atoms with van der Waals surface area (Å²) in [4.78, 5) is 22.9. The Morgan fingerprint density at radius 2 is 2.00 bits per heavy atom. The number of carbonyl (C=O) groups is 2. The van der Waals surface area contributed by atoms with E-state index in [-0.39, 0.29) is 17.8 Å². The number of hydrogen-bond acceptors (Lipinski definition) is 3. The topological polar surface area (TPSA) is 108 Å². The van der Waals surface area contributed by atoms with Gasteiger partial charge in [0, 0.05) is 12.1 Å². The maximum Gasteiger partial charge on any atom is 0.319 e. The van der Waals surface area contributed by atoms with Crippen molar-refractivity contribution in [3.8, 4) is 6.07 Å². The van der Waals surface area contributed by atoms with Crippen molar-refractivity contribution < 1.29 is 14.0 Å². The van der Waals surface area contributed by atoms with Crippen molar-refractivity contribution in [2.24, 2.45) is 5.73 Å². The van der Waals surface area contributed by atoms with E-state index in [1.54, 1.807) is 30.3 Å². The fraction of sp³-hybridized carbons (Fsp3) is 0.0625. The zero-order chi connectivity index (χ0) is 16.8. The normalized spacial score (nSPS) is 9.74. The van der Waals surface area contributed by atoms with Gasteiger partial charge in [-0.1, -0.05) is 12.1 Å². The monoisotopic (exact) mass is 312 g/mol. The van der Waals surface area contributed by atoms with Crippen molar-refractivity contribution in [3.63, 3.8) is 0 Å². The number of carbonyl (C=O) groups excluding carboxylic acids is 2. The van der Waals surface area contributed by atoms with Crippen molar-refractivity contribution >= 4 is 17.6 Å². The minimum atomic E-state index is -0.559. The van der Waals surface area contributed by atoms with Crippen LogP contribution >= 0.6 is 0 Å². The maximum atomic E-state index is 13.0. The number of rotatable bonds is 4. The maximum absolute atomic E-state index is 13.0. The Morgan fingerprint density at radius 3 is 2.70 bits per heavy atom. The first-order chi connectivity index (χ1) is 11.0. The number of urea groups is 1. The summed E-state index contributed by atoms with van der Waals surface area (Å²) < 4.78 is 13.0. The molecule has 2 aromatic rings. The summed E-state index contributed by atoms with van der Waals surface area (Å²) in [6.45, 7) is 0.163. The first-order valence-electron chi connectivity index (χ1n) is 6.63. The second kappa shape index (κ2) is 7.04. The number of amides is 3. The van der Waals surface area contributed by atoms with E-state index in [1.165, 1.54) is 6.07 Å². The molecule has 0 radical (unpaired) electrons. The van der Waals surface area contributed by atoms with Gasteiger partial charge in [0.25, 0.3) is 0 Å². The highest BCUT2D eigenvalue weighted by molar-refractivity contribution is 5.93. The fourth-order valence-electron chi connectivity index (χ4n) is 1.90. The number of nitrogens with two attached hydrogens (primary N) is 1. The number of nitrogens with zero attached hydrogens (tertiary/aromatic N) is 1. The molecule has 0 spiro atoms. The molecular formula is C16H13FN4O2. The number of benzene rings is 2. The molecule has 3 amide bonds. The van der Waals surface area contributed by atoms with E-state index in [4.69, 9.17) is 11.0 Å². The van der Waals surface area contributed by atoms with Gasteiger partial charge in [-0.25, -0.2) is 9.18 Å². The molecule has 6 nitrogen and oxygen atoms in total. The lowest BCUT2D eigenvalue weighted by Gasteiger charge is -2.09. The standard InChI is InChI=1S/C16H13FN4O2/c17-13-4-5-14(12(7-13)8-18)21-16(23)20-9-10-2-1-3-11(6-10)15(19)22/h1-7H,9H2,(H2,19,22)(H2,20,21,23). The van der Waals surface area contributed by atoms with Gasteiger partial charge in [-0.3, -0.25) is 4.79 Å². The SMILES string of the molecule is N#Cc1cc(F)ccc1NC(=O)NCc1cccc(C(N)=O)c1. The van der Waals surface area contributed by atoms with Gasteiger partial charge in [0.2, 0.25) is 5.91 Å². The smallest absolute Gasteiger partial charge is 0.319 e. The van der Waals surface area contributed by atoms with E-state index in [1.807, 2.05) is 0 Å². The third-order valence-electron chi connectivity index (χ3n) is 3.01. The van der Waals surface area contributed by atoms with Crippen LogP contribution in [-0.2, 0) is 6.54 Å². The molecule has 116 valence electrons. The molecule has 0 aliphatic carbocycles. The third kappa shape index (κ3) is 4.28. The van der Waals surface area contributed by atoms with E-state index >= 15 is 0 Å². The molecule has 0 unspecified atom stereocenters. The molecule has 0 aliphatic heterocycles. The van der Waals surface area contributed by atoms with Crippen molar-refractivity contribution in [3.05, 3.63) is 65.0 Å². The van der Waals surface area contributed by atoms with Crippen LogP contribution in [0.4, 0.5) is 14.9 Å². The van der Waals surface area contributed by atoms with Crippen LogP contribution in [0.2, 0.25) is 0 Å². The molecule has 4 N–H and O–H groups in total. The van der Waals surface area contributed by atoms with Crippen LogP contribution in [0.3, 0.4) is 0 Å². The van der Waals surface area contributed by atoms with Crippen LogP contribution in [0.5, 0.6) is 0 Å². The van der Waals surface area contributed by atoms with E-state index in [0.29, 0.717) is 11.1 Å². The van der Waals surface area contributed by atoms with E-state index < -0.39 is 17.8 Å². The van der Waals surface area contributed by atoms with E-state index in [0.717, 1.165) is 12.1 Å². The summed E-state index contributed by atoms with van der Waals surface area (Å²) in [5, 5.41) is 14.0. The molecule has 2 rings (SSSR count). The second-order valence-electron chi connectivity index (χ2n) is 4.67.